The fourth-order valence-corrected chi connectivity index (χ4v) is 2.27. The number of carbonyl (C=O) groups excluding carboxylic acids is 3. The van der Waals surface area contributed by atoms with Crippen molar-refractivity contribution in [3.05, 3.63) is 35.4 Å². The Hall–Kier alpha value is -2.21. The third-order valence-electron chi connectivity index (χ3n) is 3.92. The van der Waals surface area contributed by atoms with Gasteiger partial charge in [0.15, 0.2) is 5.78 Å². The molecule has 0 unspecified atom stereocenters. The fraction of sp³-hybridized carbons (Fsp3) is 0.526. The van der Waals surface area contributed by atoms with E-state index in [1.165, 1.54) is 7.11 Å². The Morgan fingerprint density at radius 1 is 0.920 bits per heavy atom. The number of aryl methyl sites for hydroxylation is 1. The van der Waals surface area contributed by atoms with Crippen molar-refractivity contribution in [2.24, 2.45) is 0 Å². The van der Waals surface area contributed by atoms with Gasteiger partial charge in [-0.25, -0.2) is 0 Å². The van der Waals surface area contributed by atoms with Gasteiger partial charge in [-0.05, 0) is 21.0 Å². The molecular formula is C19H28N2O4. The first kappa shape index (κ1) is 20.8. The lowest BCUT2D eigenvalue weighted by molar-refractivity contribution is -0.141. The van der Waals surface area contributed by atoms with E-state index in [1.807, 2.05) is 38.1 Å². The Bertz CT molecular complexity index is 582. The first-order chi connectivity index (χ1) is 11.8. The van der Waals surface area contributed by atoms with E-state index in [-0.39, 0.29) is 36.9 Å². The SMILES string of the molecule is COC(=O)CCN(CCN(C)C)C(=O)CCC(=O)c1ccc(C)cc1. The van der Waals surface area contributed by atoms with E-state index in [1.54, 1.807) is 17.0 Å². The van der Waals surface area contributed by atoms with Crippen LogP contribution in [0.3, 0.4) is 0 Å². The summed E-state index contributed by atoms with van der Waals surface area (Å²) in [6.07, 6.45) is 0.460. The summed E-state index contributed by atoms with van der Waals surface area (Å²) in [5.41, 5.74) is 1.71. The van der Waals surface area contributed by atoms with Crippen LogP contribution < -0.4 is 0 Å². The minimum absolute atomic E-state index is 0.0473. The minimum atomic E-state index is -0.349. The second-order valence-corrected chi connectivity index (χ2v) is 6.30. The Morgan fingerprint density at radius 2 is 1.56 bits per heavy atom. The summed E-state index contributed by atoms with van der Waals surface area (Å²) in [6.45, 7) is 3.47. The number of likely N-dealkylation sites (N-methyl/N-ethyl adjacent to an activating group) is 1. The van der Waals surface area contributed by atoms with Crippen molar-refractivity contribution in [2.45, 2.75) is 26.2 Å². The van der Waals surface area contributed by atoms with Crippen LogP contribution in [-0.4, -0.2) is 68.3 Å². The third-order valence-corrected chi connectivity index (χ3v) is 3.92. The van der Waals surface area contributed by atoms with Crippen molar-refractivity contribution in [2.75, 3.05) is 40.8 Å². The molecule has 0 saturated heterocycles. The Labute approximate surface area is 149 Å². The normalized spacial score (nSPS) is 10.6. The van der Waals surface area contributed by atoms with Gasteiger partial charge < -0.3 is 14.5 Å². The lowest BCUT2D eigenvalue weighted by Gasteiger charge is -2.24. The summed E-state index contributed by atoms with van der Waals surface area (Å²) in [5, 5.41) is 0. The lowest BCUT2D eigenvalue weighted by atomic mass is 10.0. The lowest BCUT2D eigenvalue weighted by Crippen LogP contribution is -2.38. The molecule has 0 radical (unpaired) electrons. The Morgan fingerprint density at radius 3 is 2.12 bits per heavy atom. The van der Waals surface area contributed by atoms with E-state index >= 15 is 0 Å². The van der Waals surface area contributed by atoms with Crippen LogP contribution in [0.4, 0.5) is 0 Å². The topological polar surface area (TPSA) is 66.9 Å². The maximum Gasteiger partial charge on any atom is 0.307 e. The molecule has 6 heteroatoms. The van der Waals surface area contributed by atoms with Crippen molar-refractivity contribution in [1.29, 1.82) is 0 Å². The molecule has 0 aliphatic heterocycles. The maximum absolute atomic E-state index is 12.4. The van der Waals surface area contributed by atoms with Crippen molar-refractivity contribution in [1.82, 2.24) is 9.80 Å². The number of nitrogens with zero attached hydrogens (tertiary/aromatic N) is 2. The van der Waals surface area contributed by atoms with Crippen molar-refractivity contribution in [3.8, 4) is 0 Å². The molecule has 0 aromatic heterocycles. The number of Topliss-reactive ketones (excluding diaryl/α,β-unsaturated/α-hetero) is 1. The first-order valence-corrected chi connectivity index (χ1v) is 8.42. The number of ketones is 1. The van der Waals surface area contributed by atoms with E-state index in [2.05, 4.69) is 4.74 Å². The highest BCUT2D eigenvalue weighted by Gasteiger charge is 2.17. The van der Waals surface area contributed by atoms with Crippen LogP contribution in [0.2, 0.25) is 0 Å². The molecule has 0 fully saturated rings. The number of rotatable bonds is 10. The molecular weight excluding hydrogens is 320 g/mol. The second-order valence-electron chi connectivity index (χ2n) is 6.30. The van der Waals surface area contributed by atoms with Crippen LogP contribution in [0.25, 0.3) is 0 Å². The molecule has 0 atom stereocenters. The minimum Gasteiger partial charge on any atom is -0.469 e. The number of hydrogen-bond donors (Lipinski definition) is 0. The first-order valence-electron chi connectivity index (χ1n) is 8.42. The van der Waals surface area contributed by atoms with Gasteiger partial charge in [0.05, 0.1) is 13.5 Å². The molecule has 0 heterocycles. The van der Waals surface area contributed by atoms with Gasteiger partial charge in [-0.15, -0.1) is 0 Å². The second kappa shape index (κ2) is 10.6. The molecule has 1 aromatic rings. The van der Waals surface area contributed by atoms with Crippen molar-refractivity contribution in [3.63, 3.8) is 0 Å². The smallest absolute Gasteiger partial charge is 0.307 e. The maximum atomic E-state index is 12.4. The molecule has 0 saturated carbocycles. The van der Waals surface area contributed by atoms with Gasteiger partial charge >= 0.3 is 5.97 Å². The zero-order valence-corrected chi connectivity index (χ0v) is 15.6. The summed E-state index contributed by atoms with van der Waals surface area (Å²) in [4.78, 5) is 39.6. The number of benzene rings is 1. The van der Waals surface area contributed by atoms with Gasteiger partial charge in [-0.1, -0.05) is 29.8 Å². The molecule has 0 aliphatic carbocycles. The molecule has 0 bridgehead atoms. The van der Waals surface area contributed by atoms with E-state index in [0.717, 1.165) is 5.56 Å². The van der Waals surface area contributed by atoms with E-state index in [0.29, 0.717) is 25.2 Å². The summed E-state index contributed by atoms with van der Waals surface area (Å²) in [5.74, 6) is -0.515. The average molecular weight is 348 g/mol. The molecule has 1 amide bonds. The Kier molecular flexibility index (Phi) is 8.84. The standard InChI is InChI=1S/C19H28N2O4/c1-15-5-7-16(8-6-15)17(22)9-10-18(23)21(14-13-20(2)3)12-11-19(24)25-4/h5-8H,9-14H2,1-4H3. The number of carbonyl (C=O) groups is 3. The predicted molar refractivity (Wildman–Crippen MR) is 96.5 cm³/mol. The van der Waals surface area contributed by atoms with E-state index < -0.39 is 0 Å². The molecule has 0 spiro atoms. The average Bonchev–Trinajstić information content (AvgIpc) is 2.59. The highest BCUT2D eigenvalue weighted by molar-refractivity contribution is 5.98. The van der Waals surface area contributed by atoms with Gasteiger partial charge in [0.1, 0.15) is 0 Å². The molecule has 1 rings (SSSR count). The number of ether oxygens (including phenoxy) is 1. The number of hydrogen-bond acceptors (Lipinski definition) is 5. The van der Waals surface area contributed by atoms with Gasteiger partial charge in [-0.3, -0.25) is 14.4 Å². The zero-order valence-electron chi connectivity index (χ0n) is 15.6. The van der Waals surface area contributed by atoms with Crippen molar-refractivity contribution < 1.29 is 19.1 Å². The van der Waals surface area contributed by atoms with Crippen LogP contribution in [0.5, 0.6) is 0 Å². The predicted octanol–water partition coefficient (Wildman–Crippen LogP) is 1.91. The summed E-state index contributed by atoms with van der Waals surface area (Å²) in [7, 11) is 5.17. The van der Waals surface area contributed by atoms with Crippen molar-refractivity contribution >= 4 is 17.7 Å². The van der Waals surface area contributed by atoms with Crippen LogP contribution in [-0.2, 0) is 14.3 Å². The van der Waals surface area contributed by atoms with Gasteiger partial charge in [-0.2, -0.15) is 0 Å². The third kappa shape index (κ3) is 7.94. The van der Waals surface area contributed by atoms with Crippen LogP contribution in [0.15, 0.2) is 24.3 Å². The zero-order chi connectivity index (χ0) is 18.8. The summed E-state index contributed by atoms with van der Waals surface area (Å²) in [6, 6.07) is 7.33. The largest absolute Gasteiger partial charge is 0.469 e. The molecule has 138 valence electrons. The van der Waals surface area contributed by atoms with E-state index in [4.69, 9.17) is 0 Å². The van der Waals surface area contributed by atoms with Gasteiger partial charge in [0.25, 0.3) is 0 Å². The monoisotopic (exact) mass is 348 g/mol. The fourth-order valence-electron chi connectivity index (χ4n) is 2.27. The number of esters is 1. The van der Waals surface area contributed by atoms with Gasteiger partial charge in [0.2, 0.25) is 5.91 Å². The quantitative estimate of drug-likeness (QED) is 0.477. The Balaban J connectivity index is 2.58. The molecule has 25 heavy (non-hydrogen) atoms. The summed E-state index contributed by atoms with van der Waals surface area (Å²) >= 11 is 0. The van der Waals surface area contributed by atoms with Crippen LogP contribution in [0.1, 0.15) is 35.2 Å². The highest BCUT2D eigenvalue weighted by atomic mass is 16.5. The molecule has 1 aromatic carbocycles. The molecule has 6 nitrogen and oxygen atoms in total. The van der Waals surface area contributed by atoms with Crippen LogP contribution >= 0.6 is 0 Å². The van der Waals surface area contributed by atoms with Crippen LogP contribution in [0, 0.1) is 6.92 Å². The molecule has 0 N–H and O–H groups in total. The van der Waals surface area contributed by atoms with Gasteiger partial charge in [0, 0.05) is 38.0 Å². The highest BCUT2D eigenvalue weighted by Crippen LogP contribution is 2.09. The molecule has 0 aliphatic rings. The van der Waals surface area contributed by atoms with E-state index in [9.17, 15) is 14.4 Å². The number of amides is 1. The number of methoxy groups -OCH3 is 1. The summed E-state index contributed by atoms with van der Waals surface area (Å²) < 4.78 is 4.63.